The normalized spacial score (nSPS) is 20.6. The van der Waals surface area contributed by atoms with Gasteiger partial charge in [-0.1, -0.05) is 6.07 Å². The van der Waals surface area contributed by atoms with Gasteiger partial charge in [0.15, 0.2) is 23.9 Å². The molecule has 0 unspecified atom stereocenters. The second-order valence-electron chi connectivity index (χ2n) is 6.41. The molecule has 2 heterocycles. The number of aromatic nitrogens is 1. The zero-order valence-corrected chi connectivity index (χ0v) is 14.6. The maximum atomic E-state index is 5.56. The van der Waals surface area contributed by atoms with Gasteiger partial charge in [-0.05, 0) is 12.1 Å². The first kappa shape index (κ1) is 16.7. The molecule has 24 heavy (non-hydrogen) atoms. The molecule has 0 aliphatic carbocycles. The molecule has 1 aliphatic rings. The maximum absolute atomic E-state index is 5.56. The molecule has 1 aliphatic heterocycles. The van der Waals surface area contributed by atoms with E-state index in [1.54, 1.807) is 24.0 Å². The molecule has 1 aromatic carbocycles. The monoisotopic (exact) mass is 330 g/mol. The van der Waals surface area contributed by atoms with Crippen LogP contribution < -0.4 is 24.3 Å². The summed E-state index contributed by atoms with van der Waals surface area (Å²) in [5, 5.41) is 0. The Bertz CT molecular complexity index is 640. The number of para-hydroxylation sites is 1. The van der Waals surface area contributed by atoms with Crippen molar-refractivity contribution in [2.45, 2.75) is 13.1 Å². The molecule has 2 aromatic rings. The zero-order valence-electron chi connectivity index (χ0n) is 14.6. The average Bonchev–Trinajstić information content (AvgIpc) is 2.64. The van der Waals surface area contributed by atoms with E-state index < -0.39 is 0 Å². The topological polar surface area (TPSA) is 41.5 Å². The van der Waals surface area contributed by atoms with E-state index in [-0.39, 0.29) is 0 Å². The second-order valence-corrected chi connectivity index (χ2v) is 6.41. The molecular formula is C19H28N3O2+3. The minimum Gasteiger partial charge on any atom is -0.493 e. The van der Waals surface area contributed by atoms with Crippen LogP contribution in [-0.2, 0) is 13.1 Å². The van der Waals surface area contributed by atoms with Gasteiger partial charge in [-0.25, -0.2) is 4.98 Å². The van der Waals surface area contributed by atoms with Gasteiger partial charge in [0.1, 0.15) is 39.3 Å². The van der Waals surface area contributed by atoms with Crippen LogP contribution in [0.3, 0.4) is 0 Å². The minimum absolute atomic E-state index is 0.819. The Kier molecular flexibility index (Phi) is 5.67. The first-order chi connectivity index (χ1) is 11.8. The highest BCUT2D eigenvalue weighted by Crippen LogP contribution is 2.29. The van der Waals surface area contributed by atoms with Gasteiger partial charge < -0.3 is 19.3 Å². The van der Waals surface area contributed by atoms with Crippen molar-refractivity contribution in [3.05, 3.63) is 53.9 Å². The van der Waals surface area contributed by atoms with Crippen molar-refractivity contribution >= 4 is 0 Å². The maximum Gasteiger partial charge on any atom is 0.169 e. The summed E-state index contributed by atoms with van der Waals surface area (Å²) in [6.07, 6.45) is 4.01. The van der Waals surface area contributed by atoms with Crippen LogP contribution in [0.25, 0.3) is 0 Å². The third-order valence-electron chi connectivity index (χ3n) is 4.83. The summed E-state index contributed by atoms with van der Waals surface area (Å²) in [6.45, 7) is 6.90. The van der Waals surface area contributed by atoms with Crippen LogP contribution in [0.2, 0.25) is 0 Å². The van der Waals surface area contributed by atoms with Crippen LogP contribution in [0.1, 0.15) is 11.1 Å². The molecule has 3 rings (SSSR count). The summed E-state index contributed by atoms with van der Waals surface area (Å²) in [6, 6.07) is 10.5. The first-order valence-corrected chi connectivity index (χ1v) is 8.62. The van der Waals surface area contributed by atoms with Crippen LogP contribution in [0.4, 0.5) is 0 Å². The molecule has 1 fully saturated rings. The molecule has 1 aromatic heterocycles. The van der Waals surface area contributed by atoms with Gasteiger partial charge in [-0.15, -0.1) is 0 Å². The Balaban J connectivity index is 1.56. The number of methoxy groups -OCH3 is 2. The SMILES string of the molecule is COc1cccc(C[NH+]2CC[NH+](Cc3cc[nH+]cc3)CC2)c1OC. The highest BCUT2D eigenvalue weighted by molar-refractivity contribution is 5.46. The number of hydrogen-bond acceptors (Lipinski definition) is 2. The van der Waals surface area contributed by atoms with Crippen molar-refractivity contribution in [1.82, 2.24) is 0 Å². The number of rotatable bonds is 6. The Morgan fingerprint density at radius 2 is 1.54 bits per heavy atom. The van der Waals surface area contributed by atoms with Crippen molar-refractivity contribution in [3.8, 4) is 11.5 Å². The molecular weight excluding hydrogens is 302 g/mol. The largest absolute Gasteiger partial charge is 0.493 e. The van der Waals surface area contributed by atoms with Gasteiger partial charge in [0.25, 0.3) is 0 Å². The molecule has 0 saturated carbocycles. The van der Waals surface area contributed by atoms with Crippen molar-refractivity contribution < 1.29 is 24.3 Å². The van der Waals surface area contributed by atoms with E-state index in [4.69, 9.17) is 9.47 Å². The molecule has 3 N–H and O–H groups in total. The minimum atomic E-state index is 0.819. The fourth-order valence-corrected chi connectivity index (χ4v) is 3.50. The number of quaternary nitrogens is 2. The van der Waals surface area contributed by atoms with Gasteiger partial charge in [0.05, 0.1) is 19.8 Å². The number of aromatic amines is 1. The van der Waals surface area contributed by atoms with E-state index in [0.29, 0.717) is 0 Å². The first-order valence-electron chi connectivity index (χ1n) is 8.62. The van der Waals surface area contributed by atoms with Crippen molar-refractivity contribution in [2.24, 2.45) is 0 Å². The van der Waals surface area contributed by atoms with E-state index in [2.05, 4.69) is 23.2 Å². The molecule has 5 nitrogen and oxygen atoms in total. The van der Waals surface area contributed by atoms with Crippen LogP contribution in [0.15, 0.2) is 42.7 Å². The summed E-state index contributed by atoms with van der Waals surface area (Å²) in [5.74, 6) is 1.70. The summed E-state index contributed by atoms with van der Waals surface area (Å²) >= 11 is 0. The van der Waals surface area contributed by atoms with Crippen molar-refractivity contribution in [2.75, 3.05) is 40.4 Å². The molecule has 0 bridgehead atoms. The number of ether oxygens (including phenoxy) is 2. The van der Waals surface area contributed by atoms with E-state index in [9.17, 15) is 0 Å². The molecule has 128 valence electrons. The second kappa shape index (κ2) is 8.13. The third-order valence-corrected chi connectivity index (χ3v) is 4.83. The third kappa shape index (κ3) is 4.04. The van der Waals surface area contributed by atoms with Crippen LogP contribution in [-0.4, -0.2) is 40.4 Å². The molecule has 5 heteroatoms. The number of hydrogen-bond donors (Lipinski definition) is 2. The lowest BCUT2D eigenvalue weighted by Crippen LogP contribution is -3.27. The number of piperazine rings is 1. The molecule has 0 spiro atoms. The fourth-order valence-electron chi connectivity index (χ4n) is 3.50. The van der Waals surface area contributed by atoms with E-state index >= 15 is 0 Å². The van der Waals surface area contributed by atoms with E-state index in [0.717, 1.165) is 24.6 Å². The molecule has 0 atom stereocenters. The predicted molar refractivity (Wildman–Crippen MR) is 91.3 cm³/mol. The van der Waals surface area contributed by atoms with Gasteiger partial charge in [0.2, 0.25) is 0 Å². The smallest absolute Gasteiger partial charge is 0.169 e. The average molecular weight is 330 g/mol. The fraction of sp³-hybridized carbons (Fsp3) is 0.421. The quantitative estimate of drug-likeness (QED) is 0.714. The van der Waals surface area contributed by atoms with Gasteiger partial charge in [-0.3, -0.25) is 0 Å². The number of H-pyrrole nitrogens is 1. The van der Waals surface area contributed by atoms with Gasteiger partial charge in [0, 0.05) is 17.7 Å². The molecule has 0 amide bonds. The number of benzene rings is 1. The van der Waals surface area contributed by atoms with Crippen molar-refractivity contribution in [3.63, 3.8) is 0 Å². The summed E-state index contributed by atoms with van der Waals surface area (Å²) < 4.78 is 11.0. The van der Waals surface area contributed by atoms with Crippen LogP contribution in [0.5, 0.6) is 11.5 Å². The van der Waals surface area contributed by atoms with Gasteiger partial charge >= 0.3 is 0 Å². The standard InChI is InChI=1S/C19H25N3O2/c1-23-18-5-3-4-17(19(18)24-2)15-22-12-10-21(11-13-22)14-16-6-8-20-9-7-16/h3-9H,10-15H2,1-2H3/p+3. The van der Waals surface area contributed by atoms with E-state index in [1.807, 2.05) is 24.5 Å². The number of nitrogens with one attached hydrogen (secondary N) is 3. The Hall–Kier alpha value is -2.11. The van der Waals surface area contributed by atoms with Crippen molar-refractivity contribution in [1.29, 1.82) is 0 Å². The zero-order chi connectivity index (χ0) is 16.8. The molecule has 1 saturated heterocycles. The summed E-state index contributed by atoms with van der Waals surface area (Å²) in [4.78, 5) is 6.38. The Morgan fingerprint density at radius 1 is 0.875 bits per heavy atom. The lowest BCUT2D eigenvalue weighted by molar-refractivity contribution is -1.02. The Labute approximate surface area is 143 Å². The lowest BCUT2D eigenvalue weighted by atomic mass is 10.1. The van der Waals surface area contributed by atoms with Crippen LogP contribution in [0, 0.1) is 0 Å². The molecule has 0 radical (unpaired) electrons. The highest BCUT2D eigenvalue weighted by atomic mass is 16.5. The predicted octanol–water partition coefficient (Wildman–Crippen LogP) is -0.998. The Morgan fingerprint density at radius 3 is 2.17 bits per heavy atom. The number of pyridine rings is 1. The summed E-state index contributed by atoms with van der Waals surface area (Å²) in [5.41, 5.74) is 2.63. The van der Waals surface area contributed by atoms with Gasteiger partial charge in [-0.2, -0.15) is 0 Å². The summed E-state index contributed by atoms with van der Waals surface area (Å²) in [7, 11) is 3.41. The lowest BCUT2D eigenvalue weighted by Gasteiger charge is -2.30. The van der Waals surface area contributed by atoms with E-state index in [1.165, 1.54) is 37.3 Å². The van der Waals surface area contributed by atoms with Crippen LogP contribution >= 0.6 is 0 Å². The highest BCUT2D eigenvalue weighted by Gasteiger charge is 2.24.